The van der Waals surface area contributed by atoms with Crippen LogP contribution in [0.5, 0.6) is 5.75 Å². The predicted octanol–water partition coefficient (Wildman–Crippen LogP) is 4.11. The molecule has 0 aliphatic carbocycles. The lowest BCUT2D eigenvalue weighted by molar-refractivity contribution is 0.0467. The van der Waals surface area contributed by atoms with Gasteiger partial charge in [0.15, 0.2) is 0 Å². The molecule has 180 valence electrons. The summed E-state index contributed by atoms with van der Waals surface area (Å²) in [5.74, 6) is -0.269. The number of nitrogens with one attached hydrogen (secondary N) is 1. The van der Waals surface area contributed by atoms with Gasteiger partial charge in [0.25, 0.3) is 11.5 Å². The zero-order valence-electron chi connectivity index (χ0n) is 19.3. The third kappa shape index (κ3) is 5.90. The Hall–Kier alpha value is -4.05. The van der Waals surface area contributed by atoms with Gasteiger partial charge in [-0.25, -0.2) is 9.78 Å². The van der Waals surface area contributed by atoms with Crippen LogP contribution < -0.4 is 15.6 Å². The van der Waals surface area contributed by atoms with Crippen LogP contribution in [0.4, 0.5) is 5.69 Å². The van der Waals surface area contributed by atoms with Gasteiger partial charge in [-0.15, -0.1) is 0 Å². The first-order valence-electron chi connectivity index (χ1n) is 11.1. The Morgan fingerprint density at radius 3 is 2.63 bits per heavy atom. The normalized spacial score (nSPS) is 10.8. The fraction of sp³-hybridized carbons (Fsp3) is 0.240. The van der Waals surface area contributed by atoms with E-state index < -0.39 is 5.97 Å². The summed E-state index contributed by atoms with van der Waals surface area (Å²) in [5.41, 5.74) is 1.19. The van der Waals surface area contributed by atoms with Crippen LogP contribution in [0.25, 0.3) is 4.96 Å². The lowest BCUT2D eigenvalue weighted by Crippen LogP contribution is -2.17. The van der Waals surface area contributed by atoms with E-state index in [1.54, 1.807) is 49.6 Å². The van der Waals surface area contributed by atoms with Gasteiger partial charge in [0.2, 0.25) is 4.96 Å². The van der Waals surface area contributed by atoms with Crippen molar-refractivity contribution in [2.75, 3.05) is 12.4 Å². The molecular weight excluding hydrogens is 468 g/mol. The van der Waals surface area contributed by atoms with Gasteiger partial charge in [-0.05, 0) is 48.9 Å². The van der Waals surface area contributed by atoms with Crippen LogP contribution in [-0.4, -0.2) is 33.6 Å². The largest absolute Gasteiger partial charge is 0.497 e. The number of unbranched alkanes of at least 4 members (excludes halogenated alkanes) is 1. The molecule has 2 aromatic heterocycles. The molecule has 0 aliphatic rings. The third-order valence-corrected chi connectivity index (χ3v) is 6.11. The Balaban J connectivity index is 1.41. The maximum Gasteiger partial charge on any atom is 0.338 e. The molecule has 0 atom stereocenters. The molecule has 9 nitrogen and oxygen atoms in total. The SMILES string of the molecule is CCCCc1nn2c(=O)cc(COC(=O)c3cccc(NC(=O)c4ccc(OC)cc4)c3)nc2s1. The summed E-state index contributed by atoms with van der Waals surface area (Å²) in [6.45, 7) is 1.93. The van der Waals surface area contributed by atoms with E-state index in [-0.39, 0.29) is 23.6 Å². The Kier molecular flexibility index (Phi) is 7.51. The number of fused-ring (bicyclic) bond motifs is 1. The zero-order valence-corrected chi connectivity index (χ0v) is 20.1. The summed E-state index contributed by atoms with van der Waals surface area (Å²) in [6.07, 6.45) is 2.81. The summed E-state index contributed by atoms with van der Waals surface area (Å²) >= 11 is 1.36. The molecule has 0 radical (unpaired) electrons. The molecule has 0 saturated carbocycles. The molecule has 0 spiro atoms. The van der Waals surface area contributed by atoms with Crippen LogP contribution in [0.1, 0.15) is 51.2 Å². The van der Waals surface area contributed by atoms with Gasteiger partial charge in [0.1, 0.15) is 17.4 Å². The number of ether oxygens (including phenoxy) is 2. The standard InChI is InChI=1S/C25H24N4O5S/c1-3-4-8-21-28-29-22(30)14-19(27-25(29)35-21)15-34-24(32)17-6-5-7-18(13-17)26-23(31)16-9-11-20(33-2)12-10-16/h5-7,9-14H,3-4,8,15H2,1-2H3,(H,26,31). The number of amides is 1. The molecule has 10 heteroatoms. The quantitative estimate of drug-likeness (QED) is 0.350. The fourth-order valence-corrected chi connectivity index (χ4v) is 4.25. The molecule has 35 heavy (non-hydrogen) atoms. The first-order chi connectivity index (χ1) is 17.0. The molecule has 0 saturated heterocycles. The number of rotatable bonds is 9. The highest BCUT2D eigenvalue weighted by Crippen LogP contribution is 2.17. The monoisotopic (exact) mass is 492 g/mol. The predicted molar refractivity (Wildman–Crippen MR) is 132 cm³/mol. The van der Waals surface area contributed by atoms with E-state index in [4.69, 9.17) is 9.47 Å². The van der Waals surface area contributed by atoms with Crippen molar-refractivity contribution in [1.82, 2.24) is 14.6 Å². The van der Waals surface area contributed by atoms with Gasteiger partial charge in [-0.3, -0.25) is 9.59 Å². The van der Waals surface area contributed by atoms with Crippen LogP contribution in [-0.2, 0) is 17.8 Å². The number of hydrogen-bond acceptors (Lipinski definition) is 8. The number of esters is 1. The Labute approximate surface area is 205 Å². The van der Waals surface area contributed by atoms with Crippen molar-refractivity contribution in [1.29, 1.82) is 0 Å². The van der Waals surface area contributed by atoms with Crippen molar-refractivity contribution in [2.45, 2.75) is 32.8 Å². The van der Waals surface area contributed by atoms with Gasteiger partial charge < -0.3 is 14.8 Å². The molecule has 4 rings (SSSR count). The molecule has 0 bridgehead atoms. The summed E-state index contributed by atoms with van der Waals surface area (Å²) in [6, 6.07) is 14.4. The molecule has 4 aromatic rings. The van der Waals surface area contributed by atoms with Crippen LogP contribution in [0.15, 0.2) is 59.4 Å². The average Bonchev–Trinajstić information content (AvgIpc) is 3.30. The van der Waals surface area contributed by atoms with Crippen molar-refractivity contribution in [3.8, 4) is 5.75 Å². The van der Waals surface area contributed by atoms with Crippen LogP contribution >= 0.6 is 11.3 Å². The Morgan fingerprint density at radius 1 is 1.09 bits per heavy atom. The average molecular weight is 493 g/mol. The molecule has 0 aliphatic heterocycles. The number of anilines is 1. The second-order valence-corrected chi connectivity index (χ2v) is 8.76. The first-order valence-corrected chi connectivity index (χ1v) is 11.9. The first kappa shape index (κ1) is 24.1. The van der Waals surface area contributed by atoms with E-state index in [9.17, 15) is 14.4 Å². The molecule has 2 heterocycles. The zero-order chi connectivity index (χ0) is 24.8. The Bertz CT molecular complexity index is 1410. The van der Waals surface area contributed by atoms with Crippen molar-refractivity contribution in [3.05, 3.63) is 86.8 Å². The summed E-state index contributed by atoms with van der Waals surface area (Å²) < 4.78 is 11.7. The highest BCUT2D eigenvalue weighted by Gasteiger charge is 2.13. The van der Waals surface area contributed by atoms with E-state index in [0.29, 0.717) is 27.7 Å². The number of hydrogen-bond donors (Lipinski definition) is 1. The highest BCUT2D eigenvalue weighted by atomic mass is 32.1. The van der Waals surface area contributed by atoms with E-state index >= 15 is 0 Å². The van der Waals surface area contributed by atoms with Crippen molar-refractivity contribution in [2.24, 2.45) is 0 Å². The maximum atomic E-state index is 12.6. The second kappa shape index (κ2) is 10.9. The lowest BCUT2D eigenvalue weighted by atomic mass is 10.1. The van der Waals surface area contributed by atoms with Gasteiger partial charge in [-0.1, -0.05) is 30.7 Å². The van der Waals surface area contributed by atoms with Crippen molar-refractivity contribution >= 4 is 33.9 Å². The third-order valence-electron chi connectivity index (χ3n) is 5.14. The smallest absolute Gasteiger partial charge is 0.338 e. The van der Waals surface area contributed by atoms with Crippen LogP contribution in [0.3, 0.4) is 0 Å². The maximum absolute atomic E-state index is 12.6. The summed E-state index contributed by atoms with van der Waals surface area (Å²) in [4.78, 5) is 42.4. The van der Waals surface area contributed by atoms with Gasteiger partial charge >= 0.3 is 5.97 Å². The molecule has 1 N–H and O–H groups in total. The van der Waals surface area contributed by atoms with Crippen LogP contribution in [0.2, 0.25) is 0 Å². The number of nitrogens with zero attached hydrogens (tertiary/aromatic N) is 3. The summed E-state index contributed by atoms with van der Waals surface area (Å²) in [7, 11) is 1.55. The van der Waals surface area contributed by atoms with Crippen molar-refractivity contribution in [3.63, 3.8) is 0 Å². The fourth-order valence-electron chi connectivity index (χ4n) is 3.29. The Morgan fingerprint density at radius 2 is 1.89 bits per heavy atom. The topological polar surface area (TPSA) is 112 Å². The lowest BCUT2D eigenvalue weighted by Gasteiger charge is -2.08. The molecule has 0 unspecified atom stereocenters. The molecule has 2 aromatic carbocycles. The minimum absolute atomic E-state index is 0.158. The van der Waals surface area contributed by atoms with Gasteiger partial charge in [0, 0.05) is 23.7 Å². The van der Waals surface area contributed by atoms with E-state index in [2.05, 4.69) is 22.3 Å². The van der Waals surface area contributed by atoms with E-state index in [1.807, 2.05) is 0 Å². The molecule has 0 fully saturated rings. The molecule has 1 amide bonds. The number of methoxy groups -OCH3 is 1. The van der Waals surface area contributed by atoms with Crippen molar-refractivity contribution < 1.29 is 19.1 Å². The molecular formula is C25H24N4O5S. The van der Waals surface area contributed by atoms with Gasteiger partial charge in [0.05, 0.1) is 18.4 Å². The second-order valence-electron chi connectivity index (χ2n) is 7.72. The van der Waals surface area contributed by atoms with Gasteiger partial charge in [-0.2, -0.15) is 9.61 Å². The van der Waals surface area contributed by atoms with Crippen LogP contribution in [0, 0.1) is 0 Å². The number of benzene rings is 2. The van der Waals surface area contributed by atoms with E-state index in [1.165, 1.54) is 28.0 Å². The number of carbonyl (C=O) groups is 2. The minimum atomic E-state index is -0.597. The number of carbonyl (C=O) groups excluding carboxylic acids is 2. The number of aryl methyl sites for hydroxylation is 1. The van der Waals surface area contributed by atoms with E-state index in [0.717, 1.165) is 24.3 Å². The number of aromatic nitrogens is 3. The summed E-state index contributed by atoms with van der Waals surface area (Å²) in [5, 5.41) is 7.92. The highest BCUT2D eigenvalue weighted by molar-refractivity contribution is 7.16. The minimum Gasteiger partial charge on any atom is -0.497 e.